The highest BCUT2D eigenvalue weighted by molar-refractivity contribution is 14.1. The Morgan fingerprint density at radius 1 is 0.651 bits per heavy atom. The predicted octanol–water partition coefficient (Wildman–Crippen LogP) is 9.31. The number of aromatic nitrogens is 2. The first kappa shape index (κ1) is 69.6. The molecule has 472 valence electrons. The minimum atomic E-state index is -4.20. The zero-order valence-electron chi connectivity index (χ0n) is 51.2. The van der Waals surface area contributed by atoms with E-state index in [2.05, 4.69) is 70.5 Å². The Labute approximate surface area is 524 Å². The number of pyridine rings is 2. The number of carbonyl (C=O) groups is 4. The Morgan fingerprint density at radius 3 is 1.58 bits per heavy atom. The van der Waals surface area contributed by atoms with Crippen LogP contribution in [0.2, 0.25) is 0 Å². The molecule has 6 amide bonds. The molecule has 7 heterocycles. The minimum absolute atomic E-state index is 0. The van der Waals surface area contributed by atoms with E-state index >= 15 is 0 Å². The minimum Gasteiger partial charge on any atom is -0.399 e. The zero-order valence-corrected chi connectivity index (χ0v) is 54.3. The van der Waals surface area contributed by atoms with Crippen molar-refractivity contribution in [3.8, 4) is 11.1 Å². The van der Waals surface area contributed by atoms with Gasteiger partial charge in [-0.1, -0.05) is 31.0 Å². The average molecular weight is 1330 g/mol. The first-order chi connectivity index (χ1) is 39.8. The van der Waals surface area contributed by atoms with Crippen LogP contribution in [0.15, 0.2) is 60.7 Å². The molecule has 0 saturated carbocycles. The molecule has 6 N–H and O–H groups in total. The average Bonchev–Trinajstić information content (AvgIpc) is 1.76. The first-order valence-corrected chi connectivity index (χ1v) is 30.0. The maximum Gasteiger partial charge on any atom is 0.495 e. The first-order valence-electron chi connectivity index (χ1n) is 29.0. The Balaban J connectivity index is 0.000000213. The molecule has 5 saturated heterocycles. The molecule has 5 aliphatic rings. The molecule has 0 bridgehead atoms. The SMILES string of the molecule is CC(C)(O)C(=O)Nc1cc(I)cc(N2CCOCC2)n1.CC[C@@H]1CCN(C(=O)Nc2ccc(C)c(-c3cc(NC(=O)C(C)(C)O)nc(N4CCOCC4)c3)c2)C1.Cc1ccc(NC(=O)N2CC[C@@H](CC(F)(F)F)C2)cc1B1OC(C)(C)C(C)(C)O1.S. The van der Waals surface area contributed by atoms with Gasteiger partial charge < -0.3 is 69.9 Å². The van der Waals surface area contributed by atoms with Crippen molar-refractivity contribution in [2.75, 3.05) is 110 Å². The van der Waals surface area contributed by atoms with Crippen molar-refractivity contribution >= 4 is 107 Å². The van der Waals surface area contributed by atoms with Crippen LogP contribution >= 0.6 is 36.1 Å². The van der Waals surface area contributed by atoms with E-state index in [0.29, 0.717) is 81.4 Å². The molecular formula is C60H85BF3IN10O10S. The van der Waals surface area contributed by atoms with E-state index in [4.69, 9.17) is 18.8 Å². The lowest BCUT2D eigenvalue weighted by Crippen LogP contribution is -2.41. The molecule has 5 aliphatic heterocycles. The third-order valence-corrected chi connectivity index (χ3v) is 16.6. The summed E-state index contributed by atoms with van der Waals surface area (Å²) in [6, 6.07) is 18.3. The van der Waals surface area contributed by atoms with Gasteiger partial charge in [-0.25, -0.2) is 19.6 Å². The number of morpholine rings is 2. The number of ether oxygens (including phenoxy) is 2. The van der Waals surface area contributed by atoms with E-state index in [0.717, 1.165) is 81.9 Å². The van der Waals surface area contributed by atoms with Crippen LogP contribution in [0, 0.1) is 29.3 Å². The van der Waals surface area contributed by atoms with Crippen molar-refractivity contribution in [3.05, 3.63) is 75.4 Å². The summed E-state index contributed by atoms with van der Waals surface area (Å²) in [7, 11) is -0.556. The molecule has 5 fully saturated rings. The highest BCUT2D eigenvalue weighted by Crippen LogP contribution is 2.38. The zero-order chi connectivity index (χ0) is 62.2. The van der Waals surface area contributed by atoms with Crippen molar-refractivity contribution < 1.29 is 61.3 Å². The fraction of sp³-hybridized carbons (Fsp3) is 0.567. The third kappa shape index (κ3) is 19.3. The van der Waals surface area contributed by atoms with Crippen molar-refractivity contribution in [2.45, 2.75) is 130 Å². The third-order valence-electron chi connectivity index (χ3n) is 15.9. The fourth-order valence-corrected chi connectivity index (χ4v) is 10.5. The lowest BCUT2D eigenvalue weighted by Gasteiger charge is -2.32. The number of rotatable bonds is 12. The van der Waals surface area contributed by atoms with Crippen molar-refractivity contribution in [1.29, 1.82) is 0 Å². The topological polar surface area (TPSA) is 233 Å². The van der Waals surface area contributed by atoms with Gasteiger partial charge in [0.2, 0.25) is 0 Å². The number of benzene rings is 2. The molecule has 2 atom stereocenters. The molecule has 2 aromatic heterocycles. The summed E-state index contributed by atoms with van der Waals surface area (Å²) < 4.78 is 61.7. The monoisotopic (exact) mass is 1330 g/mol. The van der Waals surface area contributed by atoms with Crippen LogP contribution in [0.25, 0.3) is 11.1 Å². The van der Waals surface area contributed by atoms with Crippen molar-refractivity contribution in [1.82, 2.24) is 19.8 Å². The number of urea groups is 2. The number of aryl methyl sites for hydroxylation is 2. The summed E-state index contributed by atoms with van der Waals surface area (Å²) >= 11 is 2.18. The quantitative estimate of drug-likeness (QED) is 0.0574. The maximum absolute atomic E-state index is 12.9. The summed E-state index contributed by atoms with van der Waals surface area (Å²) in [4.78, 5) is 66.3. The smallest absolute Gasteiger partial charge is 0.399 e. The van der Waals surface area contributed by atoms with Crippen molar-refractivity contribution in [2.24, 2.45) is 11.8 Å². The van der Waals surface area contributed by atoms with Gasteiger partial charge in [-0.2, -0.15) is 26.7 Å². The number of hydrogen-bond donors (Lipinski definition) is 6. The molecule has 2 aromatic carbocycles. The van der Waals surface area contributed by atoms with Crippen molar-refractivity contribution in [3.63, 3.8) is 0 Å². The summed E-state index contributed by atoms with van der Waals surface area (Å²) in [6.07, 6.45) is -2.57. The number of nitrogens with zero attached hydrogens (tertiary/aromatic N) is 6. The molecule has 86 heavy (non-hydrogen) atoms. The Hall–Kier alpha value is -5.49. The van der Waals surface area contributed by atoms with E-state index in [1.165, 1.54) is 32.6 Å². The molecule has 0 aliphatic carbocycles. The number of nitrogens with one attached hydrogen (secondary N) is 4. The lowest BCUT2D eigenvalue weighted by molar-refractivity contribution is -0.143. The summed E-state index contributed by atoms with van der Waals surface area (Å²) in [5.74, 6) is 1.36. The lowest BCUT2D eigenvalue weighted by atomic mass is 9.76. The number of anilines is 6. The summed E-state index contributed by atoms with van der Waals surface area (Å²) in [6.45, 7) is 27.3. The fourth-order valence-electron chi connectivity index (χ4n) is 9.95. The number of likely N-dealkylation sites (tertiary alicyclic amines) is 2. The number of carbonyl (C=O) groups excluding carboxylic acids is 4. The molecule has 0 unspecified atom stereocenters. The maximum atomic E-state index is 12.9. The molecule has 20 nitrogen and oxygen atoms in total. The van der Waals surface area contributed by atoms with E-state index in [1.807, 2.05) is 82.8 Å². The number of alkyl halides is 3. The van der Waals surface area contributed by atoms with Gasteiger partial charge in [-0.3, -0.25) is 9.59 Å². The van der Waals surface area contributed by atoms with E-state index < -0.39 is 65.9 Å². The second kappa shape index (κ2) is 29.2. The highest BCUT2D eigenvalue weighted by atomic mass is 127. The van der Waals surface area contributed by atoms with Gasteiger partial charge >= 0.3 is 25.4 Å². The van der Waals surface area contributed by atoms with Crippen LogP contribution in [0.3, 0.4) is 0 Å². The predicted molar refractivity (Wildman–Crippen MR) is 343 cm³/mol. The second-order valence-corrected chi connectivity index (χ2v) is 25.6. The Morgan fingerprint density at radius 2 is 1.10 bits per heavy atom. The molecular weight excluding hydrogens is 1250 g/mol. The van der Waals surface area contributed by atoms with Crippen LogP contribution in [0.5, 0.6) is 0 Å². The summed E-state index contributed by atoms with van der Waals surface area (Å²) in [5, 5.41) is 31.0. The van der Waals surface area contributed by atoms with Crippen LogP contribution < -0.4 is 36.5 Å². The van der Waals surface area contributed by atoms with E-state index in [1.54, 1.807) is 24.3 Å². The van der Waals surface area contributed by atoms with Crippen LogP contribution in [0.1, 0.15) is 99.1 Å². The van der Waals surface area contributed by atoms with Gasteiger partial charge in [0.25, 0.3) is 11.8 Å². The van der Waals surface area contributed by atoms with Crippen LogP contribution in [-0.4, -0.2) is 168 Å². The number of hydrogen-bond acceptors (Lipinski definition) is 14. The summed E-state index contributed by atoms with van der Waals surface area (Å²) in [5.41, 5.74) is 1.95. The normalized spacial score (nSPS) is 19.3. The standard InChI is InChI=1S/C27H37N5O4.C20H28BF3N2O3.C13H18IN3O3.H2S/c1-5-19-8-9-32(17-19)26(34)28-21-7-6-18(2)22(16-21)20-14-23(30-25(33)27(3,4)35)29-24(15-20)31-10-12-36-13-11-31;1-13-6-7-15(10-16(13)21-28-18(2,3)19(4,5)29-21)25-17(27)26-9-8-14(12-26)11-20(22,23)24;1-13(2,19)12(18)16-10-7-9(14)8-11(15-10)17-3-5-20-6-4-17;/h6-7,14-16,19,35H,5,8-13,17H2,1-4H3,(H,28,34)(H,29,30,33);6-7,10,14H,8-9,11-12H2,1-5H3,(H,25,27);7-8,19H,3-6H2,1-2H3,(H,15,16,18);1H2/t19-;14-;;/m10../s1. The highest BCUT2D eigenvalue weighted by Gasteiger charge is 2.52. The van der Waals surface area contributed by atoms with Gasteiger partial charge in [0.15, 0.2) is 0 Å². The van der Waals surface area contributed by atoms with Gasteiger partial charge in [0, 0.05) is 73.7 Å². The van der Waals surface area contributed by atoms with E-state index in [-0.39, 0.29) is 26.1 Å². The number of aliphatic hydroxyl groups is 2. The van der Waals surface area contributed by atoms with Crippen LogP contribution in [-0.2, 0) is 28.4 Å². The molecule has 4 aromatic rings. The Kier molecular flexibility index (Phi) is 23.7. The van der Waals surface area contributed by atoms with Gasteiger partial charge in [0.1, 0.15) is 34.5 Å². The molecule has 9 rings (SSSR count). The number of halogens is 4. The molecule has 0 spiro atoms. The molecule has 26 heteroatoms. The largest absolute Gasteiger partial charge is 0.495 e. The van der Waals surface area contributed by atoms with Gasteiger partial charge in [-0.05, 0) is 187 Å². The Bertz CT molecular complexity index is 3000. The number of amides is 6. The van der Waals surface area contributed by atoms with Crippen LogP contribution in [0.4, 0.5) is 57.4 Å². The van der Waals surface area contributed by atoms with Gasteiger partial charge in [-0.15, -0.1) is 0 Å². The second-order valence-electron chi connectivity index (χ2n) is 24.3. The molecule has 0 radical (unpaired) electrons. The van der Waals surface area contributed by atoms with Gasteiger partial charge in [0.05, 0.1) is 37.6 Å². The van der Waals surface area contributed by atoms with E-state index in [9.17, 15) is 42.6 Å².